The van der Waals surface area contributed by atoms with Gasteiger partial charge in [-0.2, -0.15) is 13.2 Å². The molecule has 0 aromatic heterocycles. The van der Waals surface area contributed by atoms with Crippen LogP contribution in [0.15, 0.2) is 18.2 Å². The molecule has 1 heterocycles. The Morgan fingerprint density at radius 1 is 1.32 bits per heavy atom. The van der Waals surface area contributed by atoms with Gasteiger partial charge in [0.25, 0.3) is 0 Å². The highest BCUT2D eigenvalue weighted by Crippen LogP contribution is 2.34. The Hall–Kier alpha value is -1.96. The van der Waals surface area contributed by atoms with E-state index in [1.54, 1.807) is 30.0 Å². The number of rotatable bonds is 5. The first kappa shape index (κ1) is 19.4. The van der Waals surface area contributed by atoms with E-state index in [0.29, 0.717) is 30.2 Å². The first-order valence-corrected chi connectivity index (χ1v) is 8.10. The maximum absolute atomic E-state index is 13.0. The third-order valence-corrected chi connectivity index (χ3v) is 4.51. The summed E-state index contributed by atoms with van der Waals surface area (Å²) in [5, 5.41) is 2.72. The molecule has 25 heavy (non-hydrogen) atoms. The molecule has 1 saturated heterocycles. The number of methoxy groups -OCH3 is 2. The fourth-order valence-electron chi connectivity index (χ4n) is 2.94. The van der Waals surface area contributed by atoms with E-state index in [2.05, 4.69) is 5.32 Å². The fraction of sp³-hybridized carbons (Fsp3) is 0.588. The van der Waals surface area contributed by atoms with Crippen molar-refractivity contribution in [3.05, 3.63) is 18.2 Å². The third-order valence-electron chi connectivity index (χ3n) is 4.51. The van der Waals surface area contributed by atoms with Crippen LogP contribution in [0.25, 0.3) is 0 Å². The summed E-state index contributed by atoms with van der Waals surface area (Å²) < 4.78 is 49.2. The second-order valence-electron chi connectivity index (χ2n) is 6.11. The summed E-state index contributed by atoms with van der Waals surface area (Å²) in [6.45, 7) is 1.92. The van der Waals surface area contributed by atoms with Gasteiger partial charge in [0.2, 0.25) is 5.91 Å². The number of benzene rings is 1. The molecular formula is C17H23F3N2O3. The third kappa shape index (κ3) is 4.78. The Kier molecular flexibility index (Phi) is 6.16. The topological polar surface area (TPSA) is 50.8 Å². The number of likely N-dealkylation sites (tertiary alicyclic amines) is 1. The van der Waals surface area contributed by atoms with Crippen molar-refractivity contribution in [3.63, 3.8) is 0 Å². The zero-order chi connectivity index (χ0) is 18.6. The summed E-state index contributed by atoms with van der Waals surface area (Å²) in [5.74, 6) is -0.774. The van der Waals surface area contributed by atoms with Gasteiger partial charge in [0.15, 0.2) is 0 Å². The maximum atomic E-state index is 13.0. The molecule has 0 radical (unpaired) electrons. The molecule has 2 atom stereocenters. The SMILES string of the molecule is COc1ccc(OC)c(NC(=O)[C@@H](C)N2CCC[C@H](C(F)(F)F)C2)c1. The standard InChI is InChI=1S/C17H23F3N2O3/c1-11(22-8-4-5-12(10-22)17(18,19)20)16(23)21-14-9-13(24-2)6-7-15(14)25-3/h6-7,9,11-12H,4-5,8,10H2,1-3H3,(H,21,23)/t11-,12+/m1/s1. The molecule has 1 N–H and O–H groups in total. The van der Waals surface area contributed by atoms with E-state index in [1.165, 1.54) is 14.2 Å². The molecule has 1 aliphatic heterocycles. The molecule has 0 spiro atoms. The van der Waals surface area contributed by atoms with Crippen LogP contribution in [-0.4, -0.2) is 50.3 Å². The van der Waals surface area contributed by atoms with Crippen LogP contribution in [0.1, 0.15) is 19.8 Å². The van der Waals surface area contributed by atoms with E-state index in [9.17, 15) is 18.0 Å². The van der Waals surface area contributed by atoms with Gasteiger partial charge in [-0.25, -0.2) is 0 Å². The summed E-state index contributed by atoms with van der Waals surface area (Å²) in [6.07, 6.45) is -3.70. The molecule has 0 saturated carbocycles. The normalized spacial score (nSPS) is 20.0. The number of nitrogens with one attached hydrogen (secondary N) is 1. The Bertz CT molecular complexity index is 607. The summed E-state index contributed by atoms with van der Waals surface area (Å²) in [6, 6.07) is 4.27. The van der Waals surface area contributed by atoms with Gasteiger partial charge in [0.1, 0.15) is 11.5 Å². The Morgan fingerprint density at radius 3 is 2.64 bits per heavy atom. The van der Waals surface area contributed by atoms with Crippen molar-refractivity contribution < 1.29 is 27.4 Å². The van der Waals surface area contributed by atoms with Gasteiger partial charge in [-0.1, -0.05) is 0 Å². The van der Waals surface area contributed by atoms with Crippen LogP contribution in [0.5, 0.6) is 11.5 Å². The van der Waals surface area contributed by atoms with Gasteiger partial charge >= 0.3 is 6.18 Å². The molecule has 0 aliphatic carbocycles. The van der Waals surface area contributed by atoms with Crippen LogP contribution in [0.4, 0.5) is 18.9 Å². The molecule has 1 aliphatic rings. The Balaban J connectivity index is 2.07. The van der Waals surface area contributed by atoms with Gasteiger partial charge in [0, 0.05) is 12.6 Å². The molecule has 140 valence electrons. The number of amides is 1. The van der Waals surface area contributed by atoms with Crippen LogP contribution in [0.2, 0.25) is 0 Å². The van der Waals surface area contributed by atoms with E-state index < -0.39 is 18.1 Å². The molecule has 0 bridgehead atoms. The van der Waals surface area contributed by atoms with Crippen molar-refractivity contribution in [2.75, 3.05) is 32.6 Å². The van der Waals surface area contributed by atoms with Crippen LogP contribution >= 0.6 is 0 Å². The minimum absolute atomic E-state index is 0.109. The van der Waals surface area contributed by atoms with Crippen molar-refractivity contribution in [1.82, 2.24) is 4.90 Å². The summed E-state index contributed by atoms with van der Waals surface area (Å²) in [4.78, 5) is 14.1. The number of anilines is 1. The van der Waals surface area contributed by atoms with Crippen LogP contribution in [0.3, 0.4) is 0 Å². The van der Waals surface area contributed by atoms with Crippen LogP contribution in [-0.2, 0) is 4.79 Å². The van der Waals surface area contributed by atoms with Gasteiger partial charge in [-0.3, -0.25) is 9.69 Å². The number of halogens is 3. The second kappa shape index (κ2) is 7.95. The largest absolute Gasteiger partial charge is 0.497 e. The molecule has 1 fully saturated rings. The van der Waals surface area contributed by atoms with Gasteiger partial charge in [-0.15, -0.1) is 0 Å². The summed E-state index contributed by atoms with van der Waals surface area (Å²) >= 11 is 0. The summed E-state index contributed by atoms with van der Waals surface area (Å²) in [5.41, 5.74) is 0.420. The summed E-state index contributed by atoms with van der Waals surface area (Å²) in [7, 11) is 2.97. The van der Waals surface area contributed by atoms with Crippen molar-refractivity contribution >= 4 is 11.6 Å². The van der Waals surface area contributed by atoms with E-state index in [1.807, 2.05) is 0 Å². The number of ether oxygens (including phenoxy) is 2. The zero-order valence-corrected chi connectivity index (χ0v) is 14.5. The molecule has 8 heteroatoms. The van der Waals surface area contributed by atoms with Crippen molar-refractivity contribution in [1.29, 1.82) is 0 Å². The van der Waals surface area contributed by atoms with Crippen LogP contribution in [0, 0.1) is 5.92 Å². The molecule has 1 aromatic carbocycles. The van der Waals surface area contributed by atoms with Gasteiger partial charge in [-0.05, 0) is 38.4 Å². The molecule has 1 amide bonds. The number of nitrogens with zero attached hydrogens (tertiary/aromatic N) is 1. The Labute approximate surface area is 145 Å². The second-order valence-corrected chi connectivity index (χ2v) is 6.11. The highest BCUT2D eigenvalue weighted by Gasteiger charge is 2.43. The van der Waals surface area contributed by atoms with E-state index in [0.717, 1.165) is 0 Å². The van der Waals surface area contributed by atoms with E-state index in [-0.39, 0.29) is 18.9 Å². The number of hydrogen-bond acceptors (Lipinski definition) is 4. The monoisotopic (exact) mass is 360 g/mol. The number of carbonyl (C=O) groups is 1. The first-order chi connectivity index (χ1) is 11.8. The molecule has 0 unspecified atom stereocenters. The first-order valence-electron chi connectivity index (χ1n) is 8.10. The smallest absolute Gasteiger partial charge is 0.393 e. The van der Waals surface area contributed by atoms with Gasteiger partial charge in [0.05, 0.1) is 31.9 Å². The van der Waals surface area contributed by atoms with Crippen molar-refractivity contribution in [3.8, 4) is 11.5 Å². The molecule has 5 nitrogen and oxygen atoms in total. The predicted octanol–water partition coefficient (Wildman–Crippen LogP) is 3.31. The predicted molar refractivity (Wildman–Crippen MR) is 88.0 cm³/mol. The number of carbonyl (C=O) groups excluding carboxylic acids is 1. The lowest BCUT2D eigenvalue weighted by Gasteiger charge is -2.36. The number of hydrogen-bond donors (Lipinski definition) is 1. The molecule has 1 aromatic rings. The molecular weight excluding hydrogens is 337 g/mol. The number of piperidine rings is 1. The van der Waals surface area contributed by atoms with Crippen molar-refractivity contribution in [2.45, 2.75) is 32.0 Å². The quantitative estimate of drug-likeness (QED) is 0.875. The highest BCUT2D eigenvalue weighted by molar-refractivity contribution is 5.96. The van der Waals surface area contributed by atoms with E-state index in [4.69, 9.17) is 9.47 Å². The Morgan fingerprint density at radius 2 is 2.04 bits per heavy atom. The lowest BCUT2D eigenvalue weighted by molar-refractivity contribution is -0.188. The highest BCUT2D eigenvalue weighted by atomic mass is 19.4. The minimum atomic E-state index is -4.23. The lowest BCUT2D eigenvalue weighted by Crippen LogP contribution is -2.49. The van der Waals surface area contributed by atoms with Crippen LogP contribution < -0.4 is 14.8 Å². The lowest BCUT2D eigenvalue weighted by atomic mass is 9.96. The van der Waals surface area contributed by atoms with Crippen molar-refractivity contribution in [2.24, 2.45) is 5.92 Å². The van der Waals surface area contributed by atoms with Gasteiger partial charge < -0.3 is 14.8 Å². The number of alkyl halides is 3. The molecule has 2 rings (SSSR count). The zero-order valence-electron chi connectivity index (χ0n) is 14.5. The fourth-order valence-corrected chi connectivity index (χ4v) is 2.94. The maximum Gasteiger partial charge on any atom is 0.393 e. The average molecular weight is 360 g/mol. The minimum Gasteiger partial charge on any atom is -0.497 e. The average Bonchev–Trinajstić information content (AvgIpc) is 2.60. The van der Waals surface area contributed by atoms with E-state index >= 15 is 0 Å².